The molecule has 1 aliphatic heterocycles. The van der Waals surface area contributed by atoms with Crippen molar-refractivity contribution in [2.24, 2.45) is 0 Å². The molecule has 19 heavy (non-hydrogen) atoms. The van der Waals surface area contributed by atoms with E-state index in [1.54, 1.807) is 10.7 Å². The van der Waals surface area contributed by atoms with Crippen molar-refractivity contribution in [1.82, 2.24) is 19.7 Å². The molecular formula is C13H16N4O2. The van der Waals surface area contributed by atoms with Gasteiger partial charge in [0.2, 0.25) is 0 Å². The van der Waals surface area contributed by atoms with Gasteiger partial charge in [0.15, 0.2) is 5.65 Å². The molecule has 1 fully saturated rings. The van der Waals surface area contributed by atoms with E-state index < -0.39 is 0 Å². The summed E-state index contributed by atoms with van der Waals surface area (Å²) >= 11 is 0. The summed E-state index contributed by atoms with van der Waals surface area (Å²) < 4.78 is 1.68. The van der Waals surface area contributed by atoms with Crippen LogP contribution in [0.2, 0.25) is 0 Å². The van der Waals surface area contributed by atoms with Crippen LogP contribution < -0.4 is 0 Å². The summed E-state index contributed by atoms with van der Waals surface area (Å²) in [7, 11) is 0. The summed E-state index contributed by atoms with van der Waals surface area (Å²) in [6.07, 6.45) is 3.53. The fourth-order valence-corrected chi connectivity index (χ4v) is 2.31. The van der Waals surface area contributed by atoms with Crippen LogP contribution in [0.15, 0.2) is 12.3 Å². The second kappa shape index (κ2) is 4.62. The molecule has 0 spiro atoms. The average Bonchev–Trinajstić information content (AvgIpc) is 2.83. The Hall–Kier alpha value is -1.95. The van der Waals surface area contributed by atoms with Gasteiger partial charge >= 0.3 is 0 Å². The first-order valence-electron chi connectivity index (χ1n) is 6.43. The first-order chi connectivity index (χ1) is 9.16. The van der Waals surface area contributed by atoms with Crippen molar-refractivity contribution in [3.8, 4) is 0 Å². The largest absolute Gasteiger partial charge is 0.282 e. The molecular weight excluding hydrogens is 244 g/mol. The van der Waals surface area contributed by atoms with Crippen LogP contribution in [0.5, 0.6) is 0 Å². The maximum Gasteiger partial charge on any atom is 0.282 e. The van der Waals surface area contributed by atoms with Gasteiger partial charge in [-0.25, -0.2) is 14.6 Å². The highest BCUT2D eigenvalue weighted by molar-refractivity contribution is 5.99. The van der Waals surface area contributed by atoms with E-state index in [2.05, 4.69) is 10.1 Å². The Morgan fingerprint density at radius 1 is 1.37 bits per heavy atom. The summed E-state index contributed by atoms with van der Waals surface area (Å²) in [5.41, 5.74) is 2.92. The molecule has 6 heteroatoms. The minimum Gasteiger partial charge on any atom is -0.271 e. The van der Waals surface area contributed by atoms with Crippen molar-refractivity contribution >= 4 is 11.6 Å². The lowest BCUT2D eigenvalue weighted by Gasteiger charge is -2.25. The fraction of sp³-hybridized carbons (Fsp3) is 0.462. The van der Waals surface area contributed by atoms with E-state index >= 15 is 0 Å². The van der Waals surface area contributed by atoms with Gasteiger partial charge in [-0.15, -0.1) is 0 Å². The maximum atomic E-state index is 12.4. The normalized spacial score (nSPS) is 16.0. The van der Waals surface area contributed by atoms with E-state index in [0.717, 1.165) is 24.2 Å². The van der Waals surface area contributed by atoms with E-state index in [1.807, 2.05) is 19.9 Å². The summed E-state index contributed by atoms with van der Waals surface area (Å²) in [6.45, 7) is 5.07. The predicted molar refractivity (Wildman–Crippen MR) is 68.7 cm³/mol. The molecule has 1 saturated heterocycles. The first kappa shape index (κ1) is 12.1. The van der Waals surface area contributed by atoms with Crippen LogP contribution in [0, 0.1) is 13.8 Å². The molecule has 1 amide bonds. The van der Waals surface area contributed by atoms with Gasteiger partial charge in [0.25, 0.3) is 5.91 Å². The molecule has 3 heterocycles. The number of hydrogen-bond donors (Lipinski definition) is 0. The Morgan fingerprint density at radius 3 is 2.95 bits per heavy atom. The molecule has 2 aromatic heterocycles. The Kier molecular flexibility index (Phi) is 2.94. The lowest BCUT2D eigenvalue weighted by Crippen LogP contribution is -2.35. The van der Waals surface area contributed by atoms with Crippen LogP contribution in [-0.2, 0) is 4.84 Å². The van der Waals surface area contributed by atoms with Crippen molar-refractivity contribution in [3.05, 3.63) is 29.2 Å². The van der Waals surface area contributed by atoms with Gasteiger partial charge in [0.1, 0.15) is 5.56 Å². The second-order valence-corrected chi connectivity index (χ2v) is 4.78. The number of aromatic nitrogens is 3. The van der Waals surface area contributed by atoms with Crippen LogP contribution >= 0.6 is 0 Å². The molecule has 6 nitrogen and oxygen atoms in total. The van der Waals surface area contributed by atoms with Gasteiger partial charge in [0, 0.05) is 17.9 Å². The highest BCUT2D eigenvalue weighted by Crippen LogP contribution is 2.16. The third-order valence-corrected chi connectivity index (χ3v) is 3.24. The van der Waals surface area contributed by atoms with E-state index in [1.165, 1.54) is 5.06 Å². The van der Waals surface area contributed by atoms with Gasteiger partial charge in [-0.05, 0) is 32.8 Å². The Morgan fingerprint density at radius 2 is 2.21 bits per heavy atom. The van der Waals surface area contributed by atoms with Crippen LogP contribution in [-0.4, -0.2) is 38.7 Å². The molecule has 100 valence electrons. The lowest BCUT2D eigenvalue weighted by atomic mass is 10.2. The zero-order valence-electron chi connectivity index (χ0n) is 11.1. The van der Waals surface area contributed by atoms with E-state index in [-0.39, 0.29) is 5.91 Å². The number of nitrogens with zero attached hydrogens (tertiary/aromatic N) is 4. The Balaban J connectivity index is 2.02. The van der Waals surface area contributed by atoms with Crippen LogP contribution in [0.3, 0.4) is 0 Å². The zero-order chi connectivity index (χ0) is 13.4. The highest BCUT2D eigenvalue weighted by atomic mass is 16.7. The number of rotatable bonds is 1. The van der Waals surface area contributed by atoms with Gasteiger partial charge in [-0.3, -0.25) is 9.63 Å². The summed E-state index contributed by atoms with van der Waals surface area (Å²) in [4.78, 5) is 22.2. The standard InChI is InChI=1S/C13H16N4O2/c1-9-7-10(2)17-12(15-9)11(8-14-17)13(18)16-5-3-4-6-19-16/h7-8H,3-6H2,1-2H3. The van der Waals surface area contributed by atoms with Crippen molar-refractivity contribution < 1.29 is 9.63 Å². The Labute approximate surface area is 110 Å². The fourth-order valence-electron chi connectivity index (χ4n) is 2.31. The van der Waals surface area contributed by atoms with E-state index in [9.17, 15) is 4.79 Å². The monoisotopic (exact) mass is 260 g/mol. The molecule has 0 atom stereocenters. The quantitative estimate of drug-likeness (QED) is 0.780. The number of carbonyl (C=O) groups is 1. The first-order valence-corrected chi connectivity index (χ1v) is 6.43. The zero-order valence-corrected chi connectivity index (χ0v) is 11.1. The number of hydroxylamine groups is 2. The smallest absolute Gasteiger partial charge is 0.271 e. The van der Waals surface area contributed by atoms with Gasteiger partial charge in [-0.1, -0.05) is 0 Å². The molecule has 0 N–H and O–H groups in total. The van der Waals surface area contributed by atoms with Gasteiger partial charge < -0.3 is 0 Å². The number of fused-ring (bicyclic) bond motifs is 1. The molecule has 0 aliphatic carbocycles. The summed E-state index contributed by atoms with van der Waals surface area (Å²) in [5, 5.41) is 5.64. The number of amides is 1. The molecule has 0 saturated carbocycles. The van der Waals surface area contributed by atoms with Crippen LogP contribution in [0.1, 0.15) is 34.6 Å². The SMILES string of the molecule is Cc1cc(C)n2ncc(C(=O)N3CCCCO3)c2n1. The number of aryl methyl sites for hydroxylation is 2. The van der Waals surface area contributed by atoms with Crippen molar-refractivity contribution in [3.63, 3.8) is 0 Å². The molecule has 1 aliphatic rings. The lowest BCUT2D eigenvalue weighted by molar-refractivity contribution is -0.144. The molecule has 0 aromatic carbocycles. The molecule has 2 aromatic rings. The summed E-state index contributed by atoms with van der Waals surface area (Å²) in [5.74, 6) is -0.160. The van der Waals surface area contributed by atoms with Crippen LogP contribution in [0.4, 0.5) is 0 Å². The highest BCUT2D eigenvalue weighted by Gasteiger charge is 2.23. The van der Waals surface area contributed by atoms with Gasteiger partial charge in [-0.2, -0.15) is 5.10 Å². The topological polar surface area (TPSA) is 59.7 Å². The van der Waals surface area contributed by atoms with Gasteiger partial charge in [0.05, 0.1) is 12.8 Å². The third-order valence-electron chi connectivity index (χ3n) is 3.24. The number of carbonyl (C=O) groups excluding carboxylic acids is 1. The molecule has 0 bridgehead atoms. The Bertz CT molecular complexity index is 629. The number of hydrogen-bond acceptors (Lipinski definition) is 4. The van der Waals surface area contributed by atoms with Crippen molar-refractivity contribution in [2.75, 3.05) is 13.2 Å². The third kappa shape index (κ3) is 2.08. The predicted octanol–water partition coefficient (Wildman–Crippen LogP) is 1.51. The molecule has 3 rings (SSSR count). The average molecular weight is 260 g/mol. The minimum atomic E-state index is -0.160. The summed E-state index contributed by atoms with van der Waals surface area (Å²) in [6, 6.07) is 1.94. The molecule has 0 unspecified atom stereocenters. The van der Waals surface area contributed by atoms with Crippen LogP contribution in [0.25, 0.3) is 5.65 Å². The van der Waals surface area contributed by atoms with E-state index in [0.29, 0.717) is 24.4 Å². The van der Waals surface area contributed by atoms with Crippen molar-refractivity contribution in [2.45, 2.75) is 26.7 Å². The second-order valence-electron chi connectivity index (χ2n) is 4.78. The van der Waals surface area contributed by atoms with Crippen molar-refractivity contribution in [1.29, 1.82) is 0 Å². The maximum absolute atomic E-state index is 12.4. The minimum absolute atomic E-state index is 0.160. The molecule has 0 radical (unpaired) electrons. The van der Waals surface area contributed by atoms with E-state index in [4.69, 9.17) is 4.84 Å².